The van der Waals surface area contributed by atoms with E-state index in [4.69, 9.17) is 9.47 Å². The van der Waals surface area contributed by atoms with Gasteiger partial charge in [-0.1, -0.05) is 103 Å². The number of carbonyl (C=O) groups is 2. The highest BCUT2D eigenvalue weighted by Crippen LogP contribution is 2.26. The molecule has 6 nitrogen and oxygen atoms in total. The molecular weight excluding hydrogens is 504 g/mol. The van der Waals surface area contributed by atoms with Crippen LogP contribution >= 0.6 is 0 Å². The van der Waals surface area contributed by atoms with E-state index in [-0.39, 0.29) is 18.8 Å². The lowest BCUT2D eigenvalue weighted by Crippen LogP contribution is -2.21. The first-order chi connectivity index (χ1) is 19.5. The maximum absolute atomic E-state index is 13.2. The first kappa shape index (κ1) is 28.7. The van der Waals surface area contributed by atoms with Gasteiger partial charge in [0.15, 0.2) is 0 Å². The van der Waals surface area contributed by atoms with E-state index in [0.29, 0.717) is 31.2 Å². The summed E-state index contributed by atoms with van der Waals surface area (Å²) in [6, 6.07) is 32.5. The number of aliphatic hydroxyl groups is 2. The molecule has 0 bridgehead atoms. The van der Waals surface area contributed by atoms with Crippen molar-refractivity contribution in [2.45, 2.75) is 37.9 Å². The lowest BCUT2D eigenvalue weighted by atomic mass is 9.98. The van der Waals surface area contributed by atoms with Crippen LogP contribution in [0.15, 0.2) is 109 Å². The molecule has 2 unspecified atom stereocenters. The molecule has 6 heteroatoms. The lowest BCUT2D eigenvalue weighted by Gasteiger charge is -2.15. The number of carbonyl (C=O) groups excluding carboxylic acids is 2. The van der Waals surface area contributed by atoms with Crippen molar-refractivity contribution < 1.29 is 29.3 Å². The molecular formula is C34H34O6. The van der Waals surface area contributed by atoms with Crippen LogP contribution in [0, 0.1) is 0 Å². The second-order valence-electron chi connectivity index (χ2n) is 9.67. The minimum Gasteiger partial charge on any atom is -0.460 e. The molecule has 2 atom stereocenters. The molecule has 0 spiro atoms. The van der Waals surface area contributed by atoms with Gasteiger partial charge >= 0.3 is 11.9 Å². The van der Waals surface area contributed by atoms with E-state index in [0.717, 1.165) is 28.0 Å². The average Bonchev–Trinajstić information content (AvgIpc) is 3.00. The predicted octanol–water partition coefficient (Wildman–Crippen LogP) is 5.30. The summed E-state index contributed by atoms with van der Waals surface area (Å²) in [4.78, 5) is 26.0. The summed E-state index contributed by atoms with van der Waals surface area (Å²) in [6.07, 6.45) is 1.55. The van der Waals surface area contributed by atoms with Crippen LogP contribution in [0.25, 0.3) is 16.3 Å². The predicted molar refractivity (Wildman–Crippen MR) is 155 cm³/mol. The Morgan fingerprint density at radius 2 is 1.18 bits per heavy atom. The van der Waals surface area contributed by atoms with Crippen LogP contribution in [0.3, 0.4) is 0 Å². The van der Waals surface area contributed by atoms with Crippen molar-refractivity contribution in [3.8, 4) is 0 Å². The first-order valence-corrected chi connectivity index (χ1v) is 13.5. The van der Waals surface area contributed by atoms with Crippen molar-refractivity contribution in [2.24, 2.45) is 0 Å². The smallest absolute Gasteiger partial charge is 0.339 e. The van der Waals surface area contributed by atoms with Crippen LogP contribution in [0.2, 0.25) is 0 Å². The molecule has 4 rings (SSSR count). The summed E-state index contributed by atoms with van der Waals surface area (Å²) in [5, 5.41) is 22.4. The van der Waals surface area contributed by atoms with Crippen LogP contribution in [0.4, 0.5) is 0 Å². The zero-order valence-corrected chi connectivity index (χ0v) is 22.3. The van der Waals surface area contributed by atoms with E-state index in [1.165, 1.54) is 0 Å². The standard InChI is InChI=1S/C34H34O6/c35-28(20-18-25-10-3-1-4-11-25)23-39-33(37)22-32(31-17-9-15-27-14-7-8-16-30(27)31)34(38)40-24-29(36)21-19-26-12-5-2-6-13-26/h1-17,22,28-29,35-36H,18-21,23-24H2/b32-22+. The molecule has 4 aromatic rings. The van der Waals surface area contributed by atoms with Crippen LogP contribution in [0.5, 0.6) is 0 Å². The van der Waals surface area contributed by atoms with E-state index < -0.39 is 24.1 Å². The molecule has 0 aliphatic carbocycles. The fourth-order valence-corrected chi connectivity index (χ4v) is 4.42. The number of aliphatic hydroxyl groups excluding tert-OH is 2. The summed E-state index contributed by atoms with van der Waals surface area (Å²) >= 11 is 0. The minimum absolute atomic E-state index is 0.0239. The second kappa shape index (κ2) is 14.8. The maximum atomic E-state index is 13.2. The topological polar surface area (TPSA) is 93.1 Å². The number of ether oxygens (including phenoxy) is 2. The van der Waals surface area contributed by atoms with Gasteiger partial charge < -0.3 is 19.7 Å². The molecule has 0 aliphatic rings. The number of hydrogen-bond acceptors (Lipinski definition) is 6. The fraction of sp³-hybridized carbons (Fsp3) is 0.235. The van der Waals surface area contributed by atoms with E-state index >= 15 is 0 Å². The van der Waals surface area contributed by atoms with Crippen molar-refractivity contribution in [1.29, 1.82) is 0 Å². The zero-order chi connectivity index (χ0) is 28.2. The average molecular weight is 539 g/mol. The molecule has 40 heavy (non-hydrogen) atoms. The van der Waals surface area contributed by atoms with Gasteiger partial charge in [-0.05, 0) is 53.1 Å². The minimum atomic E-state index is -0.857. The quantitative estimate of drug-likeness (QED) is 0.177. The van der Waals surface area contributed by atoms with Gasteiger partial charge in [0.1, 0.15) is 13.2 Å². The van der Waals surface area contributed by atoms with E-state index in [9.17, 15) is 19.8 Å². The Balaban J connectivity index is 1.42. The molecule has 0 amide bonds. The van der Waals surface area contributed by atoms with E-state index in [2.05, 4.69) is 0 Å². The maximum Gasteiger partial charge on any atom is 0.339 e. The first-order valence-electron chi connectivity index (χ1n) is 13.5. The normalized spacial score (nSPS) is 13.0. The number of hydrogen-bond donors (Lipinski definition) is 2. The van der Waals surface area contributed by atoms with Gasteiger partial charge in [0.25, 0.3) is 0 Å². The SMILES string of the molecule is O=C(/C=C(/C(=O)OCC(O)CCc1ccccc1)c1cccc2ccccc12)OCC(O)CCc1ccccc1. The third-order valence-electron chi connectivity index (χ3n) is 6.60. The Morgan fingerprint density at radius 3 is 1.80 bits per heavy atom. The van der Waals surface area contributed by atoms with Crippen molar-refractivity contribution in [1.82, 2.24) is 0 Å². The van der Waals surface area contributed by atoms with Gasteiger partial charge in [-0.15, -0.1) is 0 Å². The van der Waals surface area contributed by atoms with Crippen molar-refractivity contribution in [3.63, 3.8) is 0 Å². The summed E-state index contributed by atoms with van der Waals surface area (Å²) in [5.74, 6) is -1.50. The van der Waals surface area contributed by atoms with Crippen molar-refractivity contribution in [2.75, 3.05) is 13.2 Å². The fourth-order valence-electron chi connectivity index (χ4n) is 4.42. The highest BCUT2D eigenvalue weighted by Gasteiger charge is 2.20. The molecule has 206 valence electrons. The molecule has 4 aromatic carbocycles. The largest absolute Gasteiger partial charge is 0.460 e. The third kappa shape index (κ3) is 8.63. The Labute approximate surface area is 234 Å². The molecule has 0 radical (unpaired) electrons. The van der Waals surface area contributed by atoms with Gasteiger partial charge in [-0.2, -0.15) is 0 Å². The summed E-state index contributed by atoms with van der Waals surface area (Å²) in [7, 11) is 0. The third-order valence-corrected chi connectivity index (χ3v) is 6.60. The highest BCUT2D eigenvalue weighted by molar-refractivity contribution is 6.23. The highest BCUT2D eigenvalue weighted by atomic mass is 16.5. The summed E-state index contributed by atoms with van der Waals surface area (Å²) in [6.45, 7) is -0.404. The van der Waals surface area contributed by atoms with Gasteiger partial charge in [-0.25, -0.2) is 9.59 Å². The molecule has 0 saturated heterocycles. The number of fused-ring (bicyclic) bond motifs is 1. The van der Waals surface area contributed by atoms with Crippen molar-refractivity contribution in [3.05, 3.63) is 126 Å². The van der Waals surface area contributed by atoms with Crippen LogP contribution < -0.4 is 0 Å². The lowest BCUT2D eigenvalue weighted by molar-refractivity contribution is -0.142. The zero-order valence-electron chi connectivity index (χ0n) is 22.3. The Morgan fingerprint density at radius 1 is 0.650 bits per heavy atom. The molecule has 0 aliphatic heterocycles. The van der Waals surface area contributed by atoms with Crippen LogP contribution in [-0.2, 0) is 31.9 Å². The Kier molecular flexibility index (Phi) is 10.6. The van der Waals surface area contributed by atoms with Crippen LogP contribution in [0.1, 0.15) is 29.5 Å². The van der Waals surface area contributed by atoms with Crippen LogP contribution in [-0.4, -0.2) is 47.6 Å². The van der Waals surface area contributed by atoms with Gasteiger partial charge in [0.2, 0.25) is 0 Å². The molecule has 2 N–H and O–H groups in total. The monoisotopic (exact) mass is 538 g/mol. The number of esters is 2. The number of benzene rings is 4. The summed E-state index contributed by atoms with van der Waals surface area (Å²) < 4.78 is 10.8. The number of aryl methyl sites for hydroxylation is 2. The van der Waals surface area contributed by atoms with Crippen molar-refractivity contribution >= 4 is 28.3 Å². The molecule has 0 saturated carbocycles. The summed E-state index contributed by atoms with van der Waals surface area (Å²) in [5.41, 5.74) is 2.71. The second-order valence-corrected chi connectivity index (χ2v) is 9.67. The van der Waals surface area contributed by atoms with Gasteiger partial charge in [0.05, 0.1) is 17.8 Å². The molecule has 0 aromatic heterocycles. The van der Waals surface area contributed by atoms with Gasteiger partial charge in [0, 0.05) is 6.08 Å². The molecule has 0 fully saturated rings. The Hall–Kier alpha value is -4.26. The number of rotatable bonds is 13. The van der Waals surface area contributed by atoms with Gasteiger partial charge in [-0.3, -0.25) is 0 Å². The Bertz CT molecular complexity index is 1410. The molecule has 0 heterocycles. The van der Waals surface area contributed by atoms with E-state index in [1.54, 1.807) is 12.1 Å². The van der Waals surface area contributed by atoms with E-state index in [1.807, 2.05) is 91.0 Å².